The first-order valence-corrected chi connectivity index (χ1v) is 16.8. The number of ketones is 1. The van der Waals surface area contributed by atoms with Crippen LogP contribution in [0.5, 0.6) is 11.5 Å². The molecule has 4 aromatic rings. The number of carboxylic acids is 1. The lowest BCUT2D eigenvalue weighted by molar-refractivity contribution is -0.141. The number of Topliss-reactive ketones (excluding diaryl/α,β-unsaturated/α-hetero) is 1. The van der Waals surface area contributed by atoms with Gasteiger partial charge < -0.3 is 14.6 Å². The first kappa shape index (κ1) is 28.7. The Hall–Kier alpha value is -3.37. The van der Waals surface area contributed by atoms with Crippen molar-refractivity contribution in [1.82, 2.24) is 0 Å². The van der Waals surface area contributed by atoms with Gasteiger partial charge in [-0.2, -0.15) is 10.6 Å². The summed E-state index contributed by atoms with van der Waals surface area (Å²) in [7, 11) is -2.42. The Morgan fingerprint density at radius 1 is 0.976 bits per heavy atom. The SMILES string of the molecule is Cc1cc(OC2CCS(O)(O)CC2)ccc1-c1csc2ccc(COc3ccc(C4(CC(=O)O)CC(=O)C4)cc3)cc12. The molecule has 3 N–H and O–H groups in total. The number of fused-ring (bicyclic) bond motifs is 1. The monoisotopic (exact) mass is 606 g/mol. The van der Waals surface area contributed by atoms with Gasteiger partial charge in [0.05, 0.1) is 6.42 Å². The topological polar surface area (TPSA) is 113 Å². The van der Waals surface area contributed by atoms with E-state index < -0.39 is 22.0 Å². The summed E-state index contributed by atoms with van der Waals surface area (Å²) in [5, 5.41) is 12.7. The highest BCUT2D eigenvalue weighted by Gasteiger charge is 2.46. The fourth-order valence-electron chi connectivity index (χ4n) is 6.08. The van der Waals surface area contributed by atoms with Crippen LogP contribution in [0.1, 0.15) is 48.8 Å². The molecule has 1 saturated heterocycles. The van der Waals surface area contributed by atoms with Crippen molar-refractivity contribution in [2.75, 3.05) is 11.5 Å². The predicted molar refractivity (Wildman–Crippen MR) is 167 cm³/mol. The van der Waals surface area contributed by atoms with Crippen LogP contribution < -0.4 is 9.47 Å². The number of thiophene rings is 1. The van der Waals surface area contributed by atoms with E-state index in [-0.39, 0.29) is 31.1 Å². The second kappa shape index (κ2) is 11.4. The molecule has 0 spiro atoms. The van der Waals surface area contributed by atoms with Gasteiger partial charge in [-0.05, 0) is 71.0 Å². The summed E-state index contributed by atoms with van der Waals surface area (Å²) < 4.78 is 33.2. The van der Waals surface area contributed by atoms with Crippen molar-refractivity contribution in [2.45, 2.75) is 57.2 Å². The van der Waals surface area contributed by atoms with Gasteiger partial charge in [0, 0.05) is 58.3 Å². The zero-order valence-corrected chi connectivity index (χ0v) is 25.0. The fourth-order valence-corrected chi connectivity index (χ4v) is 8.50. The maximum absolute atomic E-state index is 11.7. The van der Waals surface area contributed by atoms with Gasteiger partial charge in [-0.1, -0.05) is 24.3 Å². The molecule has 0 bridgehead atoms. The minimum Gasteiger partial charge on any atom is -0.490 e. The van der Waals surface area contributed by atoms with Crippen molar-refractivity contribution in [3.63, 3.8) is 0 Å². The average molecular weight is 607 g/mol. The van der Waals surface area contributed by atoms with Crippen molar-refractivity contribution >= 4 is 43.8 Å². The molecule has 2 aliphatic rings. The Labute approximate surface area is 250 Å². The number of carbonyl (C=O) groups is 2. The molecule has 1 aromatic heterocycles. The lowest BCUT2D eigenvalue weighted by atomic mass is 9.62. The molecule has 9 heteroatoms. The number of ether oxygens (including phenoxy) is 2. The van der Waals surface area contributed by atoms with Crippen molar-refractivity contribution in [3.8, 4) is 22.6 Å². The Bertz CT molecular complexity index is 1620. The van der Waals surface area contributed by atoms with Crippen molar-refractivity contribution in [2.24, 2.45) is 0 Å². The van der Waals surface area contributed by atoms with Gasteiger partial charge in [-0.15, -0.1) is 11.3 Å². The number of carbonyl (C=O) groups excluding carboxylic acids is 1. The number of hydrogen-bond acceptors (Lipinski definition) is 7. The molecule has 3 aromatic carbocycles. The molecule has 2 fully saturated rings. The summed E-state index contributed by atoms with van der Waals surface area (Å²) in [6.45, 7) is 2.47. The van der Waals surface area contributed by atoms with Crippen LogP contribution >= 0.6 is 21.9 Å². The molecule has 6 rings (SSSR count). The highest BCUT2D eigenvalue weighted by Crippen LogP contribution is 2.46. The zero-order chi connectivity index (χ0) is 29.5. The Morgan fingerprint density at radius 2 is 1.69 bits per heavy atom. The minimum atomic E-state index is -2.42. The molecule has 220 valence electrons. The molecule has 1 aliphatic carbocycles. The molecule has 1 aliphatic heterocycles. The summed E-state index contributed by atoms with van der Waals surface area (Å²) in [5.74, 6) is 1.51. The van der Waals surface area contributed by atoms with Gasteiger partial charge in [0.1, 0.15) is 30.0 Å². The fraction of sp³-hybridized carbons (Fsp3) is 0.333. The van der Waals surface area contributed by atoms with Crippen LogP contribution in [0.4, 0.5) is 0 Å². The number of aliphatic carboxylic acids is 1. The number of carboxylic acid groups (broad SMARTS) is 1. The van der Waals surface area contributed by atoms with Crippen LogP contribution in [0, 0.1) is 6.92 Å². The van der Waals surface area contributed by atoms with Crippen molar-refractivity contribution in [1.29, 1.82) is 0 Å². The van der Waals surface area contributed by atoms with E-state index in [9.17, 15) is 23.8 Å². The highest BCUT2D eigenvalue weighted by atomic mass is 32.3. The van der Waals surface area contributed by atoms with Gasteiger partial charge in [0.25, 0.3) is 0 Å². The lowest BCUT2D eigenvalue weighted by Crippen LogP contribution is -2.43. The third-order valence-corrected chi connectivity index (χ3v) is 11.1. The van der Waals surface area contributed by atoms with Crippen molar-refractivity contribution in [3.05, 3.63) is 82.7 Å². The molecule has 0 atom stereocenters. The first-order valence-electron chi connectivity index (χ1n) is 14.1. The Kier molecular flexibility index (Phi) is 7.78. The van der Waals surface area contributed by atoms with E-state index in [1.807, 2.05) is 30.3 Å². The standard InChI is InChI=1S/C33H34O7S2/c1-21-14-27(40-26-10-12-42(37,38)13-11-26)7-8-28(21)30-20-41-31-9-2-22(15-29(30)31)19-39-25-5-3-23(4-6-25)33(18-32(35)36)16-24(34)17-33/h2-9,14-15,20,26,37-38H,10-13,16-19H2,1H3,(H,35,36). The molecule has 7 nitrogen and oxygen atoms in total. The van der Waals surface area contributed by atoms with E-state index in [4.69, 9.17) is 9.47 Å². The van der Waals surface area contributed by atoms with Gasteiger partial charge in [-0.3, -0.25) is 18.7 Å². The third-order valence-electron chi connectivity index (χ3n) is 8.40. The van der Waals surface area contributed by atoms with E-state index in [0.717, 1.165) is 39.0 Å². The van der Waals surface area contributed by atoms with Gasteiger partial charge in [-0.25, -0.2) is 0 Å². The average Bonchev–Trinajstić information content (AvgIpc) is 3.35. The first-order chi connectivity index (χ1) is 20.1. The summed E-state index contributed by atoms with van der Waals surface area (Å²) in [6, 6.07) is 20.0. The van der Waals surface area contributed by atoms with Crippen LogP contribution in [0.2, 0.25) is 0 Å². The highest BCUT2D eigenvalue weighted by molar-refractivity contribution is 8.24. The van der Waals surface area contributed by atoms with Gasteiger partial charge in [0.15, 0.2) is 0 Å². The Balaban J connectivity index is 1.14. The molecule has 0 unspecified atom stereocenters. The third kappa shape index (κ3) is 6.06. The van der Waals surface area contributed by atoms with Crippen molar-refractivity contribution < 1.29 is 33.3 Å². The number of aryl methyl sites for hydroxylation is 1. The smallest absolute Gasteiger partial charge is 0.304 e. The summed E-state index contributed by atoms with van der Waals surface area (Å²) in [5.41, 5.74) is 4.72. The molecule has 0 amide bonds. The van der Waals surface area contributed by atoms with Gasteiger partial charge >= 0.3 is 5.97 Å². The quantitative estimate of drug-likeness (QED) is 0.178. The normalized spacial score (nSPS) is 18.8. The lowest BCUT2D eigenvalue weighted by Gasteiger charge is -2.39. The van der Waals surface area contributed by atoms with Crippen LogP contribution in [0.25, 0.3) is 21.2 Å². The van der Waals surface area contributed by atoms with E-state index in [1.165, 1.54) is 4.70 Å². The summed E-state index contributed by atoms with van der Waals surface area (Å²) in [6.07, 6.45) is 1.81. The second-order valence-corrected chi connectivity index (χ2v) is 14.9. The number of benzene rings is 3. The van der Waals surface area contributed by atoms with Crippen LogP contribution in [0.15, 0.2) is 66.0 Å². The maximum Gasteiger partial charge on any atom is 0.304 e. The zero-order valence-electron chi connectivity index (χ0n) is 23.4. The molecular formula is C33H34O7S2. The minimum absolute atomic E-state index is 0.00387. The summed E-state index contributed by atoms with van der Waals surface area (Å²) >= 11 is 1.71. The largest absolute Gasteiger partial charge is 0.490 e. The van der Waals surface area contributed by atoms with E-state index in [0.29, 0.717) is 36.7 Å². The maximum atomic E-state index is 11.7. The molecule has 2 heterocycles. The predicted octanol–water partition coefficient (Wildman–Crippen LogP) is 7.82. The van der Waals surface area contributed by atoms with Crippen LogP contribution in [0.3, 0.4) is 0 Å². The van der Waals surface area contributed by atoms with Gasteiger partial charge in [0.2, 0.25) is 0 Å². The number of rotatable bonds is 9. The molecular weight excluding hydrogens is 572 g/mol. The number of hydrogen-bond donors (Lipinski definition) is 3. The molecule has 42 heavy (non-hydrogen) atoms. The molecule has 0 radical (unpaired) electrons. The molecule has 1 saturated carbocycles. The van der Waals surface area contributed by atoms with Crippen LogP contribution in [-0.2, 0) is 21.6 Å². The second-order valence-electron chi connectivity index (χ2n) is 11.5. The van der Waals surface area contributed by atoms with E-state index >= 15 is 0 Å². The van der Waals surface area contributed by atoms with Crippen LogP contribution in [-0.4, -0.2) is 43.6 Å². The van der Waals surface area contributed by atoms with E-state index in [2.05, 4.69) is 42.6 Å². The van der Waals surface area contributed by atoms with E-state index in [1.54, 1.807) is 11.3 Å². The summed E-state index contributed by atoms with van der Waals surface area (Å²) in [4.78, 5) is 23.0. The Morgan fingerprint density at radius 3 is 2.36 bits per heavy atom.